The first-order valence-corrected chi connectivity index (χ1v) is 12.2. The highest BCUT2D eigenvalue weighted by molar-refractivity contribution is 6.33. The lowest BCUT2D eigenvalue weighted by molar-refractivity contribution is -0.137. The fraction of sp³-hybridized carbons (Fsp3) is 0.107. The number of amides is 3. The molecule has 12 heteroatoms. The van der Waals surface area contributed by atoms with E-state index in [0.29, 0.717) is 23.7 Å². The Balaban J connectivity index is 1.30. The third-order valence-electron chi connectivity index (χ3n) is 5.47. The van der Waals surface area contributed by atoms with Crippen molar-refractivity contribution in [2.75, 3.05) is 10.6 Å². The van der Waals surface area contributed by atoms with Crippen LogP contribution >= 0.6 is 11.6 Å². The number of alkyl halides is 3. The van der Waals surface area contributed by atoms with Crippen molar-refractivity contribution in [2.24, 2.45) is 0 Å². The molecule has 0 aliphatic rings. The predicted octanol–water partition coefficient (Wildman–Crippen LogP) is 6.93. The summed E-state index contributed by atoms with van der Waals surface area (Å²) < 4.78 is 44.6. The summed E-state index contributed by atoms with van der Waals surface area (Å²) >= 11 is 5.92. The first-order chi connectivity index (χ1) is 19.1. The van der Waals surface area contributed by atoms with Gasteiger partial charge in [0.15, 0.2) is 0 Å². The van der Waals surface area contributed by atoms with Gasteiger partial charge in [-0.3, -0.25) is 15.2 Å². The van der Waals surface area contributed by atoms with Crippen LogP contribution in [-0.4, -0.2) is 16.9 Å². The van der Waals surface area contributed by atoms with E-state index < -0.39 is 23.7 Å². The summed E-state index contributed by atoms with van der Waals surface area (Å²) in [4.78, 5) is 28.8. The summed E-state index contributed by atoms with van der Waals surface area (Å²) in [5, 5.41) is 4.77. The van der Waals surface area contributed by atoms with E-state index in [4.69, 9.17) is 16.3 Å². The van der Waals surface area contributed by atoms with Gasteiger partial charge in [0.2, 0.25) is 0 Å². The zero-order chi connectivity index (χ0) is 28.7. The van der Waals surface area contributed by atoms with Gasteiger partial charge in [0.05, 0.1) is 16.3 Å². The van der Waals surface area contributed by atoms with E-state index >= 15 is 0 Å². The normalized spacial score (nSPS) is 11.0. The van der Waals surface area contributed by atoms with Gasteiger partial charge in [0.1, 0.15) is 17.2 Å². The van der Waals surface area contributed by atoms with Crippen molar-refractivity contribution in [2.45, 2.75) is 19.6 Å². The number of halogens is 4. The zero-order valence-corrected chi connectivity index (χ0v) is 21.7. The van der Waals surface area contributed by atoms with Gasteiger partial charge >= 0.3 is 12.2 Å². The van der Waals surface area contributed by atoms with Crippen molar-refractivity contribution in [3.63, 3.8) is 0 Å². The number of carbonyl (C=O) groups excluding carboxylic acids is 2. The maximum atomic E-state index is 12.9. The van der Waals surface area contributed by atoms with Crippen molar-refractivity contribution >= 4 is 34.9 Å². The topological polar surface area (TPSA) is 104 Å². The van der Waals surface area contributed by atoms with E-state index in [1.54, 1.807) is 18.2 Å². The summed E-state index contributed by atoms with van der Waals surface area (Å²) in [6.45, 7) is 2.43. The quantitative estimate of drug-likeness (QED) is 0.172. The van der Waals surface area contributed by atoms with E-state index in [9.17, 15) is 22.8 Å². The van der Waals surface area contributed by atoms with E-state index in [1.807, 2.05) is 31.2 Å². The molecule has 0 aliphatic heterocycles. The Morgan fingerprint density at radius 1 is 0.900 bits per heavy atom. The van der Waals surface area contributed by atoms with Gasteiger partial charge in [-0.25, -0.2) is 10.2 Å². The smallest absolute Gasteiger partial charge is 0.416 e. The number of aromatic nitrogens is 1. The predicted molar refractivity (Wildman–Crippen MR) is 145 cm³/mol. The molecule has 0 saturated heterocycles. The standard InChI is InChI=1S/C28H23ClF3N5O3/c1-17-2-4-18(5-3-17)16-34-37-26(38)25-15-22(12-13-33-25)40-21-9-7-20(8-10-21)35-27(39)36-24-14-19(28(30,31)32)6-11-23(24)29/h2-15,34H,16H2,1H3,(H,37,38)(H2,35,36,39). The van der Waals surface area contributed by atoms with Gasteiger partial charge in [-0.05, 0) is 61.0 Å². The number of hydrazine groups is 1. The average Bonchev–Trinajstić information content (AvgIpc) is 2.91. The van der Waals surface area contributed by atoms with Crippen LogP contribution in [0.1, 0.15) is 27.2 Å². The maximum Gasteiger partial charge on any atom is 0.416 e. The molecule has 0 aliphatic carbocycles. The van der Waals surface area contributed by atoms with Gasteiger partial charge in [-0.1, -0.05) is 41.4 Å². The van der Waals surface area contributed by atoms with Crippen molar-refractivity contribution in [1.82, 2.24) is 15.8 Å². The number of benzene rings is 3. The molecule has 1 aromatic heterocycles. The molecule has 0 atom stereocenters. The minimum atomic E-state index is -4.58. The SMILES string of the molecule is Cc1ccc(CNNC(=O)c2cc(Oc3ccc(NC(=O)Nc4cc(C(F)(F)F)ccc4Cl)cc3)ccn2)cc1. The second kappa shape index (κ2) is 12.5. The van der Waals surface area contributed by atoms with Gasteiger partial charge in [-0.15, -0.1) is 0 Å². The molecule has 0 saturated carbocycles. The van der Waals surface area contributed by atoms with E-state index in [-0.39, 0.29) is 16.4 Å². The number of rotatable bonds is 8. The number of aryl methyl sites for hydroxylation is 1. The average molecular weight is 570 g/mol. The molecule has 0 bridgehead atoms. The first kappa shape index (κ1) is 28.4. The highest BCUT2D eigenvalue weighted by Crippen LogP contribution is 2.34. The fourth-order valence-corrected chi connectivity index (χ4v) is 3.58. The number of pyridine rings is 1. The van der Waals surface area contributed by atoms with E-state index in [0.717, 1.165) is 29.3 Å². The molecule has 0 fully saturated rings. The fourth-order valence-electron chi connectivity index (χ4n) is 3.42. The van der Waals surface area contributed by atoms with Crippen LogP contribution in [0.15, 0.2) is 85.1 Å². The van der Waals surface area contributed by atoms with Crippen molar-refractivity contribution in [3.05, 3.63) is 112 Å². The van der Waals surface area contributed by atoms with Crippen LogP contribution in [0.3, 0.4) is 0 Å². The van der Waals surface area contributed by atoms with Crippen LogP contribution < -0.4 is 26.2 Å². The number of ether oxygens (including phenoxy) is 1. The third-order valence-corrected chi connectivity index (χ3v) is 5.80. The van der Waals surface area contributed by atoms with Crippen LogP contribution in [0, 0.1) is 6.92 Å². The molecule has 206 valence electrons. The molecule has 3 amide bonds. The Hall–Kier alpha value is -4.61. The zero-order valence-electron chi connectivity index (χ0n) is 21.0. The number of nitrogens with zero attached hydrogens (tertiary/aromatic N) is 1. The minimum Gasteiger partial charge on any atom is -0.457 e. The third kappa shape index (κ3) is 7.95. The number of nitrogens with one attached hydrogen (secondary N) is 4. The molecule has 0 unspecified atom stereocenters. The van der Waals surface area contributed by atoms with Crippen LogP contribution in [-0.2, 0) is 12.7 Å². The number of anilines is 2. The number of urea groups is 1. The molecule has 3 aromatic carbocycles. The summed E-state index contributed by atoms with van der Waals surface area (Å²) in [5.74, 6) is 0.322. The molecule has 8 nitrogen and oxygen atoms in total. The Bertz CT molecular complexity index is 1500. The molecule has 4 N–H and O–H groups in total. The van der Waals surface area contributed by atoms with Crippen LogP contribution in [0.2, 0.25) is 5.02 Å². The van der Waals surface area contributed by atoms with Crippen molar-refractivity contribution in [1.29, 1.82) is 0 Å². The number of hydrogen-bond donors (Lipinski definition) is 4. The van der Waals surface area contributed by atoms with E-state index in [1.165, 1.54) is 24.4 Å². The van der Waals surface area contributed by atoms with Gasteiger partial charge in [0, 0.05) is 24.5 Å². The summed E-state index contributed by atoms with van der Waals surface area (Å²) in [5.41, 5.74) is 6.96. The largest absolute Gasteiger partial charge is 0.457 e. The second-order valence-corrected chi connectivity index (χ2v) is 8.98. The molecular formula is C28H23ClF3N5O3. The molecule has 4 aromatic rings. The highest BCUT2D eigenvalue weighted by atomic mass is 35.5. The second-order valence-electron chi connectivity index (χ2n) is 8.57. The molecule has 1 heterocycles. The Morgan fingerprint density at radius 2 is 1.62 bits per heavy atom. The van der Waals surface area contributed by atoms with Crippen LogP contribution in [0.4, 0.5) is 29.3 Å². The Morgan fingerprint density at radius 3 is 2.33 bits per heavy atom. The van der Waals surface area contributed by atoms with Gasteiger partial charge < -0.3 is 15.4 Å². The Labute approximate surface area is 232 Å². The Kier molecular flexibility index (Phi) is 8.87. The monoisotopic (exact) mass is 569 g/mol. The van der Waals surface area contributed by atoms with E-state index in [2.05, 4.69) is 26.5 Å². The molecule has 0 radical (unpaired) electrons. The molecule has 4 rings (SSSR count). The van der Waals surface area contributed by atoms with Crippen molar-refractivity contribution in [3.8, 4) is 11.5 Å². The summed E-state index contributed by atoms with van der Waals surface area (Å²) in [7, 11) is 0. The van der Waals surface area contributed by atoms with Gasteiger partial charge in [-0.2, -0.15) is 13.2 Å². The van der Waals surface area contributed by atoms with Crippen LogP contribution in [0.5, 0.6) is 11.5 Å². The number of hydrogen-bond acceptors (Lipinski definition) is 5. The summed E-state index contributed by atoms with van der Waals surface area (Å²) in [6, 6.07) is 19.0. The lowest BCUT2D eigenvalue weighted by Gasteiger charge is -2.13. The molecule has 0 spiro atoms. The first-order valence-electron chi connectivity index (χ1n) is 11.8. The lowest BCUT2D eigenvalue weighted by Crippen LogP contribution is -2.37. The molecule has 40 heavy (non-hydrogen) atoms. The minimum absolute atomic E-state index is 0.0423. The molecular weight excluding hydrogens is 547 g/mol. The lowest BCUT2D eigenvalue weighted by atomic mass is 10.1. The number of carbonyl (C=O) groups is 2. The van der Waals surface area contributed by atoms with Crippen LogP contribution in [0.25, 0.3) is 0 Å². The highest BCUT2D eigenvalue weighted by Gasteiger charge is 2.31. The maximum absolute atomic E-state index is 12.9. The van der Waals surface area contributed by atoms with Gasteiger partial charge in [0.25, 0.3) is 5.91 Å². The summed E-state index contributed by atoms with van der Waals surface area (Å²) in [6.07, 6.45) is -3.14. The van der Waals surface area contributed by atoms with Crippen molar-refractivity contribution < 1.29 is 27.5 Å².